The van der Waals surface area contributed by atoms with Crippen molar-refractivity contribution in [3.05, 3.63) is 71.5 Å². The number of hydrogen-bond donors (Lipinski definition) is 1. The molecule has 1 unspecified atom stereocenters. The van der Waals surface area contributed by atoms with Crippen molar-refractivity contribution < 1.29 is 19.0 Å². The van der Waals surface area contributed by atoms with E-state index in [-0.39, 0.29) is 12.0 Å². The van der Waals surface area contributed by atoms with Crippen LogP contribution in [0.15, 0.2) is 54.6 Å². The maximum Gasteiger partial charge on any atom is 0.253 e. The predicted octanol–water partition coefficient (Wildman–Crippen LogP) is 3.67. The molecule has 1 N–H and O–H groups in total. The van der Waals surface area contributed by atoms with Crippen LogP contribution >= 0.6 is 0 Å². The minimum Gasteiger partial charge on any atom is -0.497 e. The molecule has 0 fully saturated rings. The second-order valence-corrected chi connectivity index (χ2v) is 7.03. The molecule has 4 rings (SSSR count). The molecular weight excluding hydrogens is 368 g/mol. The molecule has 2 aromatic carbocycles. The molecule has 150 valence electrons. The molecule has 1 amide bonds. The van der Waals surface area contributed by atoms with Crippen molar-refractivity contribution in [3.63, 3.8) is 0 Å². The molecule has 0 radical (unpaired) electrons. The van der Waals surface area contributed by atoms with Crippen molar-refractivity contribution in [2.24, 2.45) is 0 Å². The fourth-order valence-corrected chi connectivity index (χ4v) is 3.59. The van der Waals surface area contributed by atoms with Crippen LogP contribution < -0.4 is 19.5 Å². The van der Waals surface area contributed by atoms with E-state index in [1.54, 1.807) is 7.11 Å². The monoisotopic (exact) mass is 392 g/mol. The summed E-state index contributed by atoms with van der Waals surface area (Å²) < 4.78 is 18.9. The minimum atomic E-state index is -0.223. The molecule has 0 saturated carbocycles. The van der Waals surface area contributed by atoms with Crippen LogP contribution in [-0.4, -0.2) is 36.8 Å². The number of para-hydroxylation sites is 2. The first-order chi connectivity index (χ1) is 14.1. The minimum absolute atomic E-state index is 0.125. The molecular formula is C23H24N2O4. The SMILES string of the molecule is COc1ccc(-n2c(C)cc(C(=O)NCC3COc4ccccc4O3)c2C)cc1. The number of carbonyl (C=O) groups excluding carboxylic acids is 1. The zero-order valence-electron chi connectivity index (χ0n) is 16.8. The summed E-state index contributed by atoms with van der Waals surface area (Å²) in [6.45, 7) is 4.72. The van der Waals surface area contributed by atoms with Gasteiger partial charge in [0.2, 0.25) is 0 Å². The van der Waals surface area contributed by atoms with Crippen molar-refractivity contribution in [3.8, 4) is 22.9 Å². The number of carbonyl (C=O) groups is 1. The highest BCUT2D eigenvalue weighted by atomic mass is 16.6. The lowest BCUT2D eigenvalue weighted by Gasteiger charge is -2.26. The van der Waals surface area contributed by atoms with E-state index in [1.165, 1.54) is 0 Å². The Morgan fingerprint density at radius 2 is 1.86 bits per heavy atom. The molecule has 3 aromatic rings. The average molecular weight is 392 g/mol. The van der Waals surface area contributed by atoms with E-state index in [0.29, 0.717) is 24.5 Å². The van der Waals surface area contributed by atoms with Gasteiger partial charge in [-0.05, 0) is 56.3 Å². The van der Waals surface area contributed by atoms with E-state index in [0.717, 1.165) is 28.6 Å². The zero-order chi connectivity index (χ0) is 20.4. The molecule has 0 saturated heterocycles. The number of hydrogen-bond acceptors (Lipinski definition) is 4. The van der Waals surface area contributed by atoms with Crippen LogP contribution in [0.5, 0.6) is 17.2 Å². The molecule has 29 heavy (non-hydrogen) atoms. The summed E-state index contributed by atoms with van der Waals surface area (Å²) >= 11 is 0. The lowest BCUT2D eigenvalue weighted by atomic mass is 10.2. The fourth-order valence-electron chi connectivity index (χ4n) is 3.59. The number of benzene rings is 2. The molecule has 1 aliphatic heterocycles. The average Bonchev–Trinajstić information content (AvgIpc) is 3.06. The Morgan fingerprint density at radius 3 is 2.59 bits per heavy atom. The lowest BCUT2D eigenvalue weighted by molar-refractivity contribution is 0.0789. The van der Waals surface area contributed by atoms with E-state index >= 15 is 0 Å². The summed E-state index contributed by atoms with van der Waals surface area (Å²) in [4.78, 5) is 12.8. The summed E-state index contributed by atoms with van der Waals surface area (Å²) in [5, 5.41) is 2.97. The topological polar surface area (TPSA) is 61.7 Å². The van der Waals surface area contributed by atoms with Gasteiger partial charge in [0.05, 0.1) is 19.2 Å². The van der Waals surface area contributed by atoms with Gasteiger partial charge in [-0.25, -0.2) is 0 Å². The Bertz CT molecular complexity index is 1020. The summed E-state index contributed by atoms with van der Waals surface area (Å²) in [7, 11) is 1.64. The molecule has 0 bridgehead atoms. The Hall–Kier alpha value is -3.41. The predicted molar refractivity (Wildman–Crippen MR) is 110 cm³/mol. The van der Waals surface area contributed by atoms with Gasteiger partial charge in [0.1, 0.15) is 18.5 Å². The Kier molecular flexibility index (Phi) is 5.16. The largest absolute Gasteiger partial charge is 0.497 e. The first-order valence-electron chi connectivity index (χ1n) is 9.57. The summed E-state index contributed by atoms with van der Waals surface area (Å²) in [6.07, 6.45) is -0.223. The number of rotatable bonds is 5. The number of nitrogens with one attached hydrogen (secondary N) is 1. The third-order valence-electron chi connectivity index (χ3n) is 5.06. The van der Waals surface area contributed by atoms with E-state index in [2.05, 4.69) is 9.88 Å². The van der Waals surface area contributed by atoms with Gasteiger partial charge in [-0.15, -0.1) is 0 Å². The summed E-state index contributed by atoms with van der Waals surface area (Å²) in [6, 6.07) is 17.2. The Balaban J connectivity index is 1.45. The van der Waals surface area contributed by atoms with E-state index in [1.807, 2.05) is 68.4 Å². The number of fused-ring (bicyclic) bond motifs is 1. The van der Waals surface area contributed by atoms with Crippen LogP contribution in [0.3, 0.4) is 0 Å². The molecule has 6 heteroatoms. The normalized spacial score (nSPS) is 15.1. The first-order valence-corrected chi connectivity index (χ1v) is 9.57. The number of aryl methyl sites for hydroxylation is 1. The van der Waals surface area contributed by atoms with Crippen LogP contribution in [0.2, 0.25) is 0 Å². The lowest BCUT2D eigenvalue weighted by Crippen LogP contribution is -2.40. The smallest absolute Gasteiger partial charge is 0.253 e. The highest BCUT2D eigenvalue weighted by Crippen LogP contribution is 2.30. The number of ether oxygens (including phenoxy) is 3. The van der Waals surface area contributed by atoms with Crippen molar-refractivity contribution >= 4 is 5.91 Å². The maximum atomic E-state index is 12.8. The molecule has 2 heterocycles. The number of amides is 1. The van der Waals surface area contributed by atoms with Crippen molar-refractivity contribution in [2.75, 3.05) is 20.3 Å². The Labute approximate surface area is 170 Å². The number of aromatic nitrogens is 1. The van der Waals surface area contributed by atoms with Crippen LogP contribution in [0.4, 0.5) is 0 Å². The van der Waals surface area contributed by atoms with Gasteiger partial charge in [0.25, 0.3) is 5.91 Å². The van der Waals surface area contributed by atoms with Crippen molar-refractivity contribution in [2.45, 2.75) is 20.0 Å². The molecule has 1 atom stereocenters. The summed E-state index contributed by atoms with van der Waals surface area (Å²) in [5.74, 6) is 2.11. The molecule has 0 aliphatic carbocycles. The van der Waals surface area contributed by atoms with Crippen LogP contribution in [-0.2, 0) is 0 Å². The van der Waals surface area contributed by atoms with Gasteiger partial charge in [-0.2, -0.15) is 0 Å². The van der Waals surface area contributed by atoms with Gasteiger partial charge in [-0.3, -0.25) is 4.79 Å². The maximum absolute atomic E-state index is 12.8. The highest BCUT2D eigenvalue weighted by molar-refractivity contribution is 5.96. The van der Waals surface area contributed by atoms with Crippen LogP contribution in [0.1, 0.15) is 21.7 Å². The van der Waals surface area contributed by atoms with E-state index in [9.17, 15) is 4.79 Å². The first kappa shape index (κ1) is 18.9. The van der Waals surface area contributed by atoms with E-state index in [4.69, 9.17) is 14.2 Å². The second-order valence-electron chi connectivity index (χ2n) is 7.03. The van der Waals surface area contributed by atoms with Gasteiger partial charge in [0, 0.05) is 17.1 Å². The molecule has 1 aromatic heterocycles. The number of nitrogens with zero attached hydrogens (tertiary/aromatic N) is 1. The Morgan fingerprint density at radius 1 is 1.14 bits per heavy atom. The zero-order valence-corrected chi connectivity index (χ0v) is 16.8. The third-order valence-corrected chi connectivity index (χ3v) is 5.06. The summed E-state index contributed by atoms with van der Waals surface area (Å²) in [5.41, 5.74) is 3.51. The highest BCUT2D eigenvalue weighted by Gasteiger charge is 2.22. The fraction of sp³-hybridized carbons (Fsp3) is 0.261. The molecule has 0 spiro atoms. The molecule has 6 nitrogen and oxygen atoms in total. The van der Waals surface area contributed by atoms with Gasteiger partial charge < -0.3 is 24.1 Å². The van der Waals surface area contributed by atoms with Crippen molar-refractivity contribution in [1.29, 1.82) is 0 Å². The van der Waals surface area contributed by atoms with Crippen LogP contribution in [0.25, 0.3) is 5.69 Å². The van der Waals surface area contributed by atoms with E-state index < -0.39 is 0 Å². The quantitative estimate of drug-likeness (QED) is 0.720. The third kappa shape index (κ3) is 3.78. The van der Waals surface area contributed by atoms with Gasteiger partial charge in [-0.1, -0.05) is 12.1 Å². The standard InChI is InChI=1S/C23H24N2O4/c1-15-12-20(16(2)25(15)17-8-10-18(27-3)11-9-17)23(26)24-13-19-14-28-21-6-4-5-7-22(21)29-19/h4-12,19H,13-14H2,1-3H3,(H,24,26). The van der Waals surface area contributed by atoms with Crippen molar-refractivity contribution in [1.82, 2.24) is 9.88 Å². The van der Waals surface area contributed by atoms with Crippen LogP contribution in [0, 0.1) is 13.8 Å². The second kappa shape index (κ2) is 7.91. The van der Waals surface area contributed by atoms with Gasteiger partial charge in [0.15, 0.2) is 11.5 Å². The molecule has 1 aliphatic rings. The van der Waals surface area contributed by atoms with Gasteiger partial charge >= 0.3 is 0 Å². The number of methoxy groups -OCH3 is 1.